The summed E-state index contributed by atoms with van der Waals surface area (Å²) in [6, 6.07) is 18.7. The second-order valence-corrected chi connectivity index (χ2v) is 7.03. The maximum absolute atomic E-state index is 13.1. The molecule has 8 nitrogen and oxygen atoms in total. The van der Waals surface area contributed by atoms with E-state index in [2.05, 4.69) is 20.4 Å². The third-order valence-electron chi connectivity index (χ3n) is 4.89. The van der Waals surface area contributed by atoms with Crippen molar-refractivity contribution in [2.24, 2.45) is 0 Å². The zero-order valence-electron chi connectivity index (χ0n) is 17.9. The Morgan fingerprint density at radius 1 is 0.938 bits per heavy atom. The lowest BCUT2D eigenvalue weighted by Crippen LogP contribution is -2.18. The van der Waals surface area contributed by atoms with Crippen LogP contribution in [0.2, 0.25) is 0 Å². The van der Waals surface area contributed by atoms with Gasteiger partial charge in [-0.25, -0.2) is 0 Å². The normalized spacial score (nSPS) is 10.6. The topological polar surface area (TPSA) is 91.2 Å². The molecule has 0 aliphatic heterocycles. The molecular formula is C24H23N5O3. The van der Waals surface area contributed by atoms with Crippen LogP contribution in [0.1, 0.15) is 15.9 Å². The number of nitrogens with zero attached hydrogens (tertiary/aromatic N) is 4. The number of nitrogens with one attached hydrogen (secondary N) is 1. The van der Waals surface area contributed by atoms with Gasteiger partial charge in [-0.3, -0.25) is 9.78 Å². The number of carbonyl (C=O) groups is 1. The lowest BCUT2D eigenvalue weighted by Gasteiger charge is -2.08. The van der Waals surface area contributed by atoms with Crippen molar-refractivity contribution in [3.8, 4) is 22.9 Å². The Bertz CT molecular complexity index is 1170. The molecule has 0 fully saturated rings. The van der Waals surface area contributed by atoms with Crippen LogP contribution in [-0.2, 0) is 13.0 Å². The summed E-state index contributed by atoms with van der Waals surface area (Å²) in [6.07, 6.45) is 3.52. The molecule has 1 N–H and O–H groups in total. The molecule has 162 valence electrons. The number of methoxy groups -OCH3 is 2. The van der Waals surface area contributed by atoms with E-state index in [1.807, 2.05) is 54.6 Å². The standard InChI is InChI=1S/C24H23N5O3/c1-31-20-9-5-17(6-10-20)14-22(30)29-24(26-15-18-7-11-21(32-2)12-8-18)27-23(28-29)19-4-3-13-25-16-19/h3-13,16H,14-15H2,1-2H3,(H,26,27,28). The number of carbonyl (C=O) groups excluding carboxylic acids is 1. The van der Waals surface area contributed by atoms with Crippen molar-refractivity contribution in [1.29, 1.82) is 0 Å². The summed E-state index contributed by atoms with van der Waals surface area (Å²) >= 11 is 0. The van der Waals surface area contributed by atoms with Crippen molar-refractivity contribution in [3.05, 3.63) is 84.2 Å². The van der Waals surface area contributed by atoms with Crippen LogP contribution in [0, 0.1) is 0 Å². The fourth-order valence-electron chi connectivity index (χ4n) is 3.14. The molecule has 0 amide bonds. The fourth-order valence-corrected chi connectivity index (χ4v) is 3.14. The van der Waals surface area contributed by atoms with E-state index >= 15 is 0 Å². The number of rotatable bonds is 8. The maximum atomic E-state index is 13.1. The second-order valence-electron chi connectivity index (χ2n) is 7.03. The van der Waals surface area contributed by atoms with Crippen LogP contribution in [0.5, 0.6) is 11.5 Å². The van der Waals surface area contributed by atoms with Gasteiger partial charge in [-0.1, -0.05) is 24.3 Å². The van der Waals surface area contributed by atoms with Crippen LogP contribution in [0.4, 0.5) is 5.95 Å². The minimum absolute atomic E-state index is 0.178. The van der Waals surface area contributed by atoms with E-state index in [4.69, 9.17) is 9.47 Å². The summed E-state index contributed by atoms with van der Waals surface area (Å²) in [6.45, 7) is 0.477. The van der Waals surface area contributed by atoms with E-state index in [1.165, 1.54) is 4.68 Å². The molecule has 2 heterocycles. The van der Waals surface area contributed by atoms with Crippen molar-refractivity contribution in [2.45, 2.75) is 13.0 Å². The van der Waals surface area contributed by atoms with Gasteiger partial charge in [0, 0.05) is 24.5 Å². The van der Waals surface area contributed by atoms with E-state index in [0.29, 0.717) is 18.3 Å². The highest BCUT2D eigenvalue weighted by atomic mass is 16.5. The van der Waals surface area contributed by atoms with Gasteiger partial charge in [0.25, 0.3) is 5.91 Å². The van der Waals surface area contributed by atoms with Gasteiger partial charge in [0.1, 0.15) is 11.5 Å². The number of hydrogen-bond donors (Lipinski definition) is 1. The smallest absolute Gasteiger partial charge is 0.254 e. The molecule has 0 saturated heterocycles. The monoisotopic (exact) mass is 429 g/mol. The number of anilines is 1. The zero-order valence-corrected chi connectivity index (χ0v) is 17.9. The molecule has 2 aromatic carbocycles. The number of hydrogen-bond acceptors (Lipinski definition) is 7. The molecule has 4 aromatic rings. The Morgan fingerprint density at radius 3 is 2.19 bits per heavy atom. The highest BCUT2D eigenvalue weighted by Crippen LogP contribution is 2.19. The number of ether oxygens (including phenoxy) is 2. The van der Waals surface area contributed by atoms with Gasteiger partial charge < -0.3 is 14.8 Å². The molecule has 0 unspecified atom stereocenters. The van der Waals surface area contributed by atoms with Crippen molar-refractivity contribution >= 4 is 11.9 Å². The lowest BCUT2D eigenvalue weighted by atomic mass is 10.1. The Morgan fingerprint density at radius 2 is 1.59 bits per heavy atom. The maximum Gasteiger partial charge on any atom is 0.254 e. The van der Waals surface area contributed by atoms with Gasteiger partial charge in [-0.15, -0.1) is 5.10 Å². The van der Waals surface area contributed by atoms with E-state index in [0.717, 1.165) is 28.2 Å². The number of benzene rings is 2. The lowest BCUT2D eigenvalue weighted by molar-refractivity contribution is 0.0901. The predicted octanol–water partition coefficient (Wildman–Crippen LogP) is 3.85. The van der Waals surface area contributed by atoms with E-state index in [9.17, 15) is 4.79 Å². The molecule has 0 spiro atoms. The quantitative estimate of drug-likeness (QED) is 0.455. The third kappa shape index (κ3) is 4.92. The Balaban J connectivity index is 1.58. The van der Waals surface area contributed by atoms with Crippen molar-refractivity contribution in [3.63, 3.8) is 0 Å². The summed E-state index contributed by atoms with van der Waals surface area (Å²) in [5, 5.41) is 7.69. The summed E-state index contributed by atoms with van der Waals surface area (Å²) in [7, 11) is 3.24. The second kappa shape index (κ2) is 9.74. The van der Waals surface area contributed by atoms with Crippen LogP contribution in [0.15, 0.2) is 73.1 Å². The van der Waals surface area contributed by atoms with Gasteiger partial charge in [0.15, 0.2) is 5.82 Å². The van der Waals surface area contributed by atoms with Gasteiger partial charge in [-0.05, 0) is 47.5 Å². The summed E-state index contributed by atoms with van der Waals surface area (Å²) < 4.78 is 11.7. The van der Waals surface area contributed by atoms with Crippen LogP contribution in [-0.4, -0.2) is 39.9 Å². The average Bonchev–Trinajstić information content (AvgIpc) is 3.28. The van der Waals surface area contributed by atoms with E-state index in [1.54, 1.807) is 32.7 Å². The molecular weight excluding hydrogens is 406 g/mol. The first-order valence-electron chi connectivity index (χ1n) is 10.1. The van der Waals surface area contributed by atoms with Crippen LogP contribution >= 0.6 is 0 Å². The first-order chi connectivity index (χ1) is 15.7. The van der Waals surface area contributed by atoms with Crippen molar-refractivity contribution in [1.82, 2.24) is 19.7 Å². The Labute approximate surface area is 185 Å². The minimum Gasteiger partial charge on any atom is -0.497 e. The molecule has 4 rings (SSSR count). The van der Waals surface area contributed by atoms with Gasteiger partial charge in [-0.2, -0.15) is 9.67 Å². The predicted molar refractivity (Wildman–Crippen MR) is 121 cm³/mol. The van der Waals surface area contributed by atoms with Crippen molar-refractivity contribution < 1.29 is 14.3 Å². The summed E-state index contributed by atoms with van der Waals surface area (Å²) in [5.41, 5.74) is 2.61. The average molecular weight is 429 g/mol. The van der Waals surface area contributed by atoms with Crippen LogP contribution < -0.4 is 14.8 Å². The van der Waals surface area contributed by atoms with Gasteiger partial charge in [0.05, 0.1) is 20.6 Å². The molecule has 32 heavy (non-hydrogen) atoms. The SMILES string of the molecule is COc1ccc(CNc2nc(-c3cccnc3)nn2C(=O)Cc2ccc(OC)cc2)cc1. The number of pyridine rings is 1. The molecule has 0 bridgehead atoms. The molecule has 0 atom stereocenters. The zero-order chi connectivity index (χ0) is 22.3. The Hall–Kier alpha value is -4.20. The van der Waals surface area contributed by atoms with Crippen molar-refractivity contribution in [2.75, 3.05) is 19.5 Å². The molecule has 8 heteroatoms. The first-order valence-corrected chi connectivity index (χ1v) is 10.1. The summed E-state index contributed by atoms with van der Waals surface area (Å²) in [4.78, 5) is 21.8. The van der Waals surface area contributed by atoms with E-state index in [-0.39, 0.29) is 12.3 Å². The molecule has 2 aromatic heterocycles. The van der Waals surface area contributed by atoms with Crippen LogP contribution in [0.3, 0.4) is 0 Å². The molecule has 0 saturated carbocycles. The summed E-state index contributed by atoms with van der Waals surface area (Å²) in [5.74, 6) is 2.12. The minimum atomic E-state index is -0.199. The van der Waals surface area contributed by atoms with Crippen LogP contribution in [0.25, 0.3) is 11.4 Å². The highest BCUT2D eigenvalue weighted by molar-refractivity contribution is 5.83. The first kappa shape index (κ1) is 21.0. The third-order valence-corrected chi connectivity index (χ3v) is 4.89. The molecule has 0 aliphatic carbocycles. The van der Waals surface area contributed by atoms with Gasteiger partial charge >= 0.3 is 0 Å². The number of aromatic nitrogens is 4. The highest BCUT2D eigenvalue weighted by Gasteiger charge is 2.18. The molecule has 0 radical (unpaired) electrons. The van der Waals surface area contributed by atoms with E-state index < -0.39 is 0 Å². The largest absolute Gasteiger partial charge is 0.497 e. The fraction of sp³-hybridized carbons (Fsp3) is 0.167. The Kier molecular flexibility index (Phi) is 6.41. The molecule has 0 aliphatic rings. The van der Waals surface area contributed by atoms with Gasteiger partial charge in [0.2, 0.25) is 5.95 Å².